The Morgan fingerprint density at radius 1 is 1.16 bits per heavy atom. The van der Waals surface area contributed by atoms with Crippen LogP contribution in [0.15, 0.2) is 36.4 Å². The number of nitrogens with one attached hydrogen (secondary N) is 2. The third kappa shape index (κ3) is 4.08. The smallest absolute Gasteiger partial charge is 0.325 e. The lowest BCUT2D eigenvalue weighted by Gasteiger charge is -2.25. The minimum Gasteiger partial charge on any atom is -0.486 e. The molecule has 32 heavy (non-hydrogen) atoms. The highest BCUT2D eigenvalue weighted by atomic mass is 35.5. The van der Waals surface area contributed by atoms with Crippen LogP contribution in [0.4, 0.5) is 4.79 Å². The Labute approximate surface area is 194 Å². The molecular formula is C22H21Cl2N3O5. The van der Waals surface area contributed by atoms with Crippen LogP contribution in [0.1, 0.15) is 31.0 Å². The van der Waals surface area contributed by atoms with E-state index in [4.69, 9.17) is 32.7 Å². The normalized spacial score (nSPS) is 20.7. The topological polar surface area (TPSA) is 97.0 Å². The summed E-state index contributed by atoms with van der Waals surface area (Å²) in [6.45, 7) is 3.75. The van der Waals surface area contributed by atoms with Gasteiger partial charge in [-0.2, -0.15) is 0 Å². The minimum absolute atomic E-state index is 0.398. The number of fused-ring (bicyclic) bond motifs is 1. The van der Waals surface area contributed by atoms with Crippen LogP contribution < -0.4 is 20.1 Å². The highest BCUT2D eigenvalue weighted by molar-refractivity contribution is 6.35. The van der Waals surface area contributed by atoms with Crippen molar-refractivity contribution in [1.29, 1.82) is 0 Å². The van der Waals surface area contributed by atoms with E-state index in [0.717, 1.165) is 4.90 Å². The van der Waals surface area contributed by atoms with Crippen molar-refractivity contribution in [2.75, 3.05) is 19.8 Å². The number of carbonyl (C=O) groups excluding carboxylic acids is 3. The van der Waals surface area contributed by atoms with Crippen molar-refractivity contribution in [3.05, 3.63) is 57.6 Å². The van der Waals surface area contributed by atoms with Gasteiger partial charge < -0.3 is 20.1 Å². The number of carbonyl (C=O) groups is 3. The maximum atomic E-state index is 13.1. The third-order valence-electron chi connectivity index (χ3n) is 5.50. The fraction of sp³-hybridized carbons (Fsp3) is 0.318. The number of imide groups is 1. The molecule has 0 bridgehead atoms. The van der Waals surface area contributed by atoms with Crippen molar-refractivity contribution in [1.82, 2.24) is 15.5 Å². The molecule has 0 spiro atoms. The monoisotopic (exact) mass is 477 g/mol. The minimum atomic E-state index is -1.34. The van der Waals surface area contributed by atoms with Gasteiger partial charge in [0.15, 0.2) is 11.5 Å². The van der Waals surface area contributed by atoms with Crippen LogP contribution in [0, 0.1) is 0 Å². The van der Waals surface area contributed by atoms with Gasteiger partial charge in [-0.05, 0) is 49.2 Å². The molecule has 2 aromatic carbocycles. The first kappa shape index (κ1) is 22.2. The second-order valence-electron chi connectivity index (χ2n) is 7.76. The van der Waals surface area contributed by atoms with E-state index in [1.165, 1.54) is 0 Å². The number of hydrogen-bond acceptors (Lipinski definition) is 5. The van der Waals surface area contributed by atoms with E-state index in [1.807, 2.05) is 0 Å². The molecule has 2 heterocycles. The van der Waals surface area contributed by atoms with E-state index in [1.54, 1.807) is 50.2 Å². The Morgan fingerprint density at radius 2 is 1.88 bits per heavy atom. The number of rotatable bonds is 5. The summed E-state index contributed by atoms with van der Waals surface area (Å²) in [6, 6.07) is 8.92. The van der Waals surface area contributed by atoms with Gasteiger partial charge in [0.25, 0.3) is 5.91 Å². The first-order valence-corrected chi connectivity index (χ1v) is 10.7. The van der Waals surface area contributed by atoms with Crippen molar-refractivity contribution in [3.63, 3.8) is 0 Å². The Balaban J connectivity index is 1.47. The average molecular weight is 478 g/mol. The molecule has 0 saturated carbocycles. The molecule has 2 aliphatic heterocycles. The maximum Gasteiger partial charge on any atom is 0.325 e. The van der Waals surface area contributed by atoms with Gasteiger partial charge in [-0.25, -0.2) is 4.79 Å². The van der Waals surface area contributed by atoms with Gasteiger partial charge in [0.2, 0.25) is 5.91 Å². The number of amides is 4. The molecule has 2 N–H and O–H groups in total. The fourth-order valence-electron chi connectivity index (χ4n) is 3.75. The summed E-state index contributed by atoms with van der Waals surface area (Å²) in [5.74, 6) is 0.0401. The number of nitrogens with zero attached hydrogens (tertiary/aromatic N) is 1. The van der Waals surface area contributed by atoms with Crippen LogP contribution in [-0.2, 0) is 15.1 Å². The lowest BCUT2D eigenvalue weighted by atomic mass is 9.91. The predicted octanol–water partition coefficient (Wildman–Crippen LogP) is 3.41. The molecule has 0 radical (unpaired) electrons. The summed E-state index contributed by atoms with van der Waals surface area (Å²) < 4.78 is 11.1. The van der Waals surface area contributed by atoms with E-state index < -0.39 is 36.0 Å². The average Bonchev–Trinajstić information content (AvgIpc) is 2.97. The number of hydrogen-bond donors (Lipinski definition) is 2. The van der Waals surface area contributed by atoms with Gasteiger partial charge in [-0.15, -0.1) is 0 Å². The van der Waals surface area contributed by atoms with Crippen molar-refractivity contribution >= 4 is 41.0 Å². The van der Waals surface area contributed by atoms with Gasteiger partial charge in [-0.1, -0.05) is 35.3 Å². The lowest BCUT2D eigenvalue weighted by Crippen LogP contribution is -2.43. The highest BCUT2D eigenvalue weighted by Crippen LogP contribution is 2.37. The molecule has 4 rings (SSSR count). The van der Waals surface area contributed by atoms with Crippen LogP contribution in [0.3, 0.4) is 0 Å². The fourth-order valence-corrected chi connectivity index (χ4v) is 4.32. The standard InChI is InChI=1S/C22H21Cl2N3O5/c1-12(15-5-4-14(23)10-16(15)24)25-19(28)11-27-20(29)22(2,26-21(27)30)13-3-6-17-18(9-13)32-8-7-31-17/h3-6,9-10,12H,7-8,11H2,1-2H3,(H,25,28)(H,26,30). The molecule has 2 unspecified atom stereocenters. The van der Waals surface area contributed by atoms with E-state index in [-0.39, 0.29) is 0 Å². The number of urea groups is 1. The number of ether oxygens (including phenoxy) is 2. The lowest BCUT2D eigenvalue weighted by molar-refractivity contribution is -0.135. The van der Waals surface area contributed by atoms with Crippen molar-refractivity contribution in [2.24, 2.45) is 0 Å². The number of halogens is 2. The summed E-state index contributed by atoms with van der Waals surface area (Å²) >= 11 is 12.1. The molecule has 1 saturated heterocycles. The third-order valence-corrected chi connectivity index (χ3v) is 6.07. The predicted molar refractivity (Wildman–Crippen MR) is 118 cm³/mol. The van der Waals surface area contributed by atoms with E-state index in [9.17, 15) is 14.4 Å². The van der Waals surface area contributed by atoms with Gasteiger partial charge in [-0.3, -0.25) is 14.5 Å². The quantitative estimate of drug-likeness (QED) is 0.643. The van der Waals surface area contributed by atoms with Gasteiger partial charge in [0.1, 0.15) is 25.3 Å². The first-order chi connectivity index (χ1) is 15.2. The van der Waals surface area contributed by atoms with Crippen LogP contribution in [0.5, 0.6) is 11.5 Å². The second kappa shape index (κ2) is 8.52. The zero-order valence-corrected chi connectivity index (χ0v) is 18.9. The highest BCUT2D eigenvalue weighted by Gasteiger charge is 2.49. The van der Waals surface area contributed by atoms with Gasteiger partial charge >= 0.3 is 6.03 Å². The van der Waals surface area contributed by atoms with E-state index >= 15 is 0 Å². The van der Waals surface area contributed by atoms with Crippen LogP contribution >= 0.6 is 23.2 Å². The van der Waals surface area contributed by atoms with Crippen LogP contribution in [0.2, 0.25) is 10.0 Å². The summed E-state index contributed by atoms with van der Waals surface area (Å²) in [4.78, 5) is 39.2. The molecular weight excluding hydrogens is 457 g/mol. The van der Waals surface area contributed by atoms with Crippen molar-refractivity contribution in [2.45, 2.75) is 25.4 Å². The summed E-state index contributed by atoms with van der Waals surface area (Å²) in [5, 5.41) is 6.33. The molecule has 2 aliphatic rings. The molecule has 1 fully saturated rings. The summed E-state index contributed by atoms with van der Waals surface area (Å²) in [6.07, 6.45) is 0. The van der Waals surface area contributed by atoms with E-state index in [2.05, 4.69) is 10.6 Å². The zero-order chi connectivity index (χ0) is 23.0. The van der Waals surface area contributed by atoms with Crippen LogP contribution in [0.25, 0.3) is 0 Å². The van der Waals surface area contributed by atoms with Gasteiger partial charge in [0, 0.05) is 10.0 Å². The molecule has 8 nitrogen and oxygen atoms in total. The summed E-state index contributed by atoms with van der Waals surface area (Å²) in [7, 11) is 0. The van der Waals surface area contributed by atoms with Gasteiger partial charge in [0.05, 0.1) is 6.04 Å². The second-order valence-corrected chi connectivity index (χ2v) is 8.60. The Morgan fingerprint density at radius 3 is 2.59 bits per heavy atom. The molecule has 4 amide bonds. The summed E-state index contributed by atoms with van der Waals surface area (Å²) in [5.41, 5.74) is -0.134. The van der Waals surface area contributed by atoms with Crippen LogP contribution in [-0.4, -0.2) is 42.5 Å². The number of benzene rings is 2. The molecule has 0 aliphatic carbocycles. The molecule has 168 valence electrons. The Bertz CT molecular complexity index is 1110. The van der Waals surface area contributed by atoms with E-state index in [0.29, 0.717) is 45.9 Å². The molecule has 0 aromatic heterocycles. The molecule has 2 aromatic rings. The van der Waals surface area contributed by atoms with Crippen molar-refractivity contribution in [3.8, 4) is 11.5 Å². The molecule has 10 heteroatoms. The van der Waals surface area contributed by atoms with Crippen molar-refractivity contribution < 1.29 is 23.9 Å². The Hall–Kier alpha value is -2.97. The largest absolute Gasteiger partial charge is 0.486 e. The SMILES string of the molecule is CC(NC(=O)CN1C(=O)NC(C)(c2ccc3c(c2)OCCO3)C1=O)c1ccc(Cl)cc1Cl. The maximum absolute atomic E-state index is 13.1. The molecule has 2 atom stereocenters. The zero-order valence-electron chi connectivity index (χ0n) is 17.4. The first-order valence-electron chi connectivity index (χ1n) is 9.97. The Kier molecular flexibility index (Phi) is 5.92.